The van der Waals surface area contributed by atoms with Gasteiger partial charge in [-0.3, -0.25) is 9.69 Å². The average Bonchev–Trinajstić information content (AvgIpc) is 2.78. The summed E-state index contributed by atoms with van der Waals surface area (Å²) in [7, 11) is -0.128. The van der Waals surface area contributed by atoms with Crippen molar-refractivity contribution in [3.8, 4) is 0 Å². The van der Waals surface area contributed by atoms with Crippen molar-refractivity contribution in [2.24, 2.45) is 5.41 Å². The highest BCUT2D eigenvalue weighted by Crippen LogP contribution is 2.49. The molecule has 1 N–H and O–H groups in total. The number of benzene rings is 1. The van der Waals surface area contributed by atoms with E-state index in [1.54, 1.807) is 11.9 Å². The Balaban J connectivity index is 2.00. The topological polar surface area (TPSA) is 41.6 Å². The van der Waals surface area contributed by atoms with Crippen molar-refractivity contribution < 1.29 is 9.22 Å². The fraction of sp³-hybridized carbons (Fsp3) is 0.619. The molecule has 28 heavy (non-hydrogen) atoms. The molecular formula is C21H31BrN2O2SSi. The fourth-order valence-electron chi connectivity index (χ4n) is 4.03. The number of likely N-dealkylation sites (N-methyl/N-ethyl adjacent to an activating group) is 1. The van der Waals surface area contributed by atoms with Gasteiger partial charge in [-0.05, 0) is 71.9 Å². The van der Waals surface area contributed by atoms with Crippen LogP contribution in [0.5, 0.6) is 0 Å². The second-order valence-electron chi connectivity index (χ2n) is 10.2. The Morgan fingerprint density at radius 2 is 2.00 bits per heavy atom. The van der Waals surface area contributed by atoms with E-state index in [0.717, 1.165) is 16.5 Å². The standard InChI is InChI=1S/C21H31BrN2O2SSi/c1-19(2,3)28(6,7)26-13-20(4)11-14-8-9-15(22)10-16(14)21(12-20)17(25)24(5)18(27)23-21/h8-10H,11-13H2,1-7H3,(H,23,27). The van der Waals surface area contributed by atoms with Gasteiger partial charge in [-0.15, -0.1) is 0 Å². The van der Waals surface area contributed by atoms with Crippen molar-refractivity contribution in [3.05, 3.63) is 33.8 Å². The second-order valence-corrected chi connectivity index (χ2v) is 16.3. The summed E-state index contributed by atoms with van der Waals surface area (Å²) in [5, 5.41) is 4.02. The summed E-state index contributed by atoms with van der Waals surface area (Å²) in [6.07, 6.45) is 1.55. The maximum Gasteiger partial charge on any atom is 0.258 e. The van der Waals surface area contributed by atoms with Crippen LogP contribution < -0.4 is 5.32 Å². The molecule has 1 heterocycles. The Morgan fingerprint density at radius 3 is 2.54 bits per heavy atom. The Hall–Kier alpha value is -0.763. The molecule has 7 heteroatoms. The third kappa shape index (κ3) is 3.59. The van der Waals surface area contributed by atoms with E-state index >= 15 is 0 Å². The number of hydrogen-bond acceptors (Lipinski definition) is 3. The number of hydrogen-bond donors (Lipinski definition) is 1. The molecule has 1 spiro atoms. The lowest BCUT2D eigenvalue weighted by Crippen LogP contribution is -2.54. The van der Waals surface area contributed by atoms with Crippen LogP contribution in [-0.2, 0) is 21.2 Å². The summed E-state index contributed by atoms with van der Waals surface area (Å²) in [5.74, 6) is 0.0232. The molecule has 2 aliphatic rings. The minimum absolute atomic E-state index is 0.0232. The molecule has 1 aromatic rings. The molecule has 1 aliphatic carbocycles. The van der Waals surface area contributed by atoms with Gasteiger partial charge in [-0.25, -0.2) is 0 Å². The summed E-state index contributed by atoms with van der Waals surface area (Å²) in [5.41, 5.74) is 1.26. The largest absolute Gasteiger partial charge is 0.416 e. The highest BCUT2D eigenvalue weighted by atomic mass is 79.9. The molecule has 0 bridgehead atoms. The highest BCUT2D eigenvalue weighted by Gasteiger charge is 2.56. The van der Waals surface area contributed by atoms with Crippen LogP contribution in [0.2, 0.25) is 18.1 Å². The molecule has 3 rings (SSSR count). The van der Waals surface area contributed by atoms with E-state index in [1.807, 2.05) is 0 Å². The highest BCUT2D eigenvalue weighted by molar-refractivity contribution is 9.10. The SMILES string of the molecule is CN1C(=O)C2(CC(C)(CO[Si](C)(C)C(C)(C)C)Cc3ccc(Br)cc32)NC1=S. The van der Waals surface area contributed by atoms with E-state index in [0.29, 0.717) is 18.1 Å². The predicted molar refractivity (Wildman–Crippen MR) is 124 cm³/mol. The van der Waals surface area contributed by atoms with Gasteiger partial charge in [-0.1, -0.05) is 49.7 Å². The number of halogens is 1. The fourth-order valence-corrected chi connectivity index (χ4v) is 5.79. The van der Waals surface area contributed by atoms with E-state index < -0.39 is 13.9 Å². The zero-order valence-electron chi connectivity index (χ0n) is 17.9. The van der Waals surface area contributed by atoms with Crippen LogP contribution in [0.4, 0.5) is 0 Å². The number of carbonyl (C=O) groups excluding carboxylic acids is 1. The van der Waals surface area contributed by atoms with E-state index in [-0.39, 0.29) is 16.4 Å². The maximum atomic E-state index is 13.3. The van der Waals surface area contributed by atoms with Gasteiger partial charge >= 0.3 is 0 Å². The van der Waals surface area contributed by atoms with Crippen LogP contribution in [-0.4, -0.2) is 37.9 Å². The van der Waals surface area contributed by atoms with Crippen molar-refractivity contribution in [1.82, 2.24) is 10.2 Å². The second kappa shape index (κ2) is 6.89. The van der Waals surface area contributed by atoms with Gasteiger partial charge in [0, 0.05) is 18.1 Å². The normalized spacial score (nSPS) is 27.9. The van der Waals surface area contributed by atoms with Gasteiger partial charge in [0.2, 0.25) is 0 Å². The summed E-state index contributed by atoms with van der Waals surface area (Å²) in [4.78, 5) is 14.9. The van der Waals surface area contributed by atoms with Gasteiger partial charge in [0.15, 0.2) is 13.4 Å². The lowest BCUT2D eigenvalue weighted by Gasteiger charge is -2.46. The van der Waals surface area contributed by atoms with E-state index in [1.165, 1.54) is 5.56 Å². The summed E-state index contributed by atoms with van der Waals surface area (Å²) in [6, 6.07) is 6.24. The van der Waals surface area contributed by atoms with Gasteiger partial charge in [0.05, 0.1) is 0 Å². The van der Waals surface area contributed by atoms with E-state index in [4.69, 9.17) is 16.6 Å². The number of nitrogens with one attached hydrogen (secondary N) is 1. The van der Waals surface area contributed by atoms with Gasteiger partial charge in [0.1, 0.15) is 5.54 Å². The number of amides is 1. The Bertz CT molecular complexity index is 838. The Labute approximate surface area is 183 Å². The van der Waals surface area contributed by atoms with Crippen LogP contribution in [0.1, 0.15) is 45.2 Å². The van der Waals surface area contributed by atoms with Crippen molar-refractivity contribution >= 4 is 47.5 Å². The first-order chi connectivity index (χ1) is 12.7. The summed E-state index contributed by atoms with van der Waals surface area (Å²) in [6.45, 7) is 14.2. The predicted octanol–water partition coefficient (Wildman–Crippen LogP) is 4.97. The minimum Gasteiger partial charge on any atom is -0.416 e. The molecule has 2 atom stereocenters. The molecule has 1 aliphatic heterocycles. The number of carbonyl (C=O) groups is 1. The molecule has 1 fully saturated rings. The van der Waals surface area contributed by atoms with E-state index in [9.17, 15) is 4.79 Å². The van der Waals surface area contributed by atoms with E-state index in [2.05, 4.69) is 80.2 Å². The summed E-state index contributed by atoms with van der Waals surface area (Å²) >= 11 is 9.01. The Morgan fingerprint density at radius 1 is 1.36 bits per heavy atom. The first-order valence-corrected chi connectivity index (χ1v) is 13.8. The maximum absolute atomic E-state index is 13.3. The number of fused-ring (bicyclic) bond motifs is 2. The van der Waals surface area contributed by atoms with Crippen molar-refractivity contribution in [2.75, 3.05) is 13.7 Å². The molecule has 2 unspecified atom stereocenters. The van der Waals surface area contributed by atoms with Crippen LogP contribution in [0, 0.1) is 5.41 Å². The smallest absolute Gasteiger partial charge is 0.258 e. The average molecular weight is 484 g/mol. The van der Waals surface area contributed by atoms with Gasteiger partial charge in [0.25, 0.3) is 5.91 Å². The van der Waals surface area contributed by atoms with Crippen LogP contribution >= 0.6 is 28.1 Å². The molecular weight excluding hydrogens is 452 g/mol. The van der Waals surface area contributed by atoms with Crippen LogP contribution in [0.25, 0.3) is 0 Å². The molecule has 0 aromatic heterocycles. The van der Waals surface area contributed by atoms with Gasteiger partial charge < -0.3 is 9.74 Å². The molecule has 1 amide bonds. The monoisotopic (exact) mass is 482 g/mol. The number of nitrogens with zero attached hydrogens (tertiary/aromatic N) is 1. The third-order valence-electron chi connectivity index (χ3n) is 6.72. The molecule has 0 radical (unpaired) electrons. The molecule has 1 aromatic carbocycles. The molecule has 154 valence electrons. The first kappa shape index (κ1) is 21.9. The van der Waals surface area contributed by atoms with Crippen molar-refractivity contribution in [2.45, 2.75) is 64.2 Å². The lowest BCUT2D eigenvalue weighted by molar-refractivity contribution is -0.132. The minimum atomic E-state index is -1.88. The van der Waals surface area contributed by atoms with Crippen molar-refractivity contribution in [1.29, 1.82) is 0 Å². The summed E-state index contributed by atoms with van der Waals surface area (Å²) < 4.78 is 7.58. The van der Waals surface area contributed by atoms with Crippen molar-refractivity contribution in [3.63, 3.8) is 0 Å². The van der Waals surface area contributed by atoms with Gasteiger partial charge in [-0.2, -0.15) is 0 Å². The quantitative estimate of drug-likeness (QED) is 0.487. The number of rotatable bonds is 3. The van der Waals surface area contributed by atoms with Crippen LogP contribution in [0.3, 0.4) is 0 Å². The molecule has 0 saturated carbocycles. The third-order valence-corrected chi connectivity index (χ3v) is 12.1. The zero-order chi connectivity index (χ0) is 21.1. The molecule has 1 saturated heterocycles. The molecule has 4 nitrogen and oxygen atoms in total. The first-order valence-electron chi connectivity index (χ1n) is 9.74. The van der Waals surface area contributed by atoms with Crippen LogP contribution in [0.15, 0.2) is 22.7 Å². The lowest BCUT2D eigenvalue weighted by atomic mass is 9.64. The Kier molecular flexibility index (Phi) is 5.40. The zero-order valence-corrected chi connectivity index (χ0v) is 21.3. The number of thiocarbonyl (C=S) groups is 1.